The second-order valence-electron chi connectivity index (χ2n) is 10.3. The first-order valence-electron chi connectivity index (χ1n) is 12.5. The largest absolute Gasteiger partial charge is 0.444 e. The number of rotatable bonds is 4. The molecule has 2 unspecified atom stereocenters. The van der Waals surface area contributed by atoms with Crippen molar-refractivity contribution in [2.75, 3.05) is 36.8 Å². The molecule has 39 heavy (non-hydrogen) atoms. The van der Waals surface area contributed by atoms with Crippen LogP contribution < -0.4 is 16.0 Å². The molecule has 0 aliphatic carbocycles. The molecule has 3 amide bonds. The monoisotopic (exact) mass is 584 g/mol. The highest BCUT2D eigenvalue weighted by atomic mass is 35.5. The van der Waals surface area contributed by atoms with Crippen molar-refractivity contribution in [3.05, 3.63) is 58.1 Å². The van der Waals surface area contributed by atoms with E-state index in [-0.39, 0.29) is 40.2 Å². The Hall–Kier alpha value is -2.95. The summed E-state index contributed by atoms with van der Waals surface area (Å²) >= 11 is 11.2. The summed E-state index contributed by atoms with van der Waals surface area (Å²) in [6.45, 7) is 7.66. The van der Waals surface area contributed by atoms with Gasteiger partial charge in [0.25, 0.3) is 0 Å². The summed E-state index contributed by atoms with van der Waals surface area (Å²) < 4.78 is 31.8. The van der Waals surface area contributed by atoms with Gasteiger partial charge in [0.15, 0.2) is 0 Å². The van der Waals surface area contributed by atoms with Gasteiger partial charge in [-0.15, -0.1) is 0 Å². The average molecular weight is 585 g/mol. The first kappa shape index (κ1) is 30.6. The molecule has 2 aromatic carbocycles. The maximum Gasteiger partial charge on any atom is 0.410 e. The molecule has 2 aliphatic rings. The van der Waals surface area contributed by atoms with E-state index in [4.69, 9.17) is 27.9 Å². The summed E-state index contributed by atoms with van der Waals surface area (Å²) in [4.78, 5) is 37.4. The molecule has 3 N–H and O–H groups in total. The molecule has 2 aromatic rings. The Balaban J connectivity index is 0.000000230. The highest BCUT2D eigenvalue weighted by molar-refractivity contribution is 6.31. The number of nitrogens with one attached hydrogen (secondary N) is 3. The van der Waals surface area contributed by atoms with E-state index in [1.807, 2.05) is 0 Å². The summed E-state index contributed by atoms with van der Waals surface area (Å²) in [5, 5.41) is 8.48. The quantitative estimate of drug-likeness (QED) is 0.428. The smallest absolute Gasteiger partial charge is 0.410 e. The maximum atomic E-state index is 13.4. The van der Waals surface area contributed by atoms with Crippen LogP contribution in [0.3, 0.4) is 0 Å². The Kier molecular flexibility index (Phi) is 10.5. The zero-order valence-corrected chi connectivity index (χ0v) is 23.5. The van der Waals surface area contributed by atoms with Crippen LogP contribution in [0.4, 0.5) is 25.0 Å². The lowest BCUT2D eigenvalue weighted by atomic mass is 10.1. The third-order valence-electron chi connectivity index (χ3n) is 6.02. The number of carbonyl (C=O) groups excluding carboxylic acids is 3. The second kappa shape index (κ2) is 13.4. The molecule has 2 aliphatic heterocycles. The minimum Gasteiger partial charge on any atom is -0.444 e. The third-order valence-corrected chi connectivity index (χ3v) is 6.63. The number of amides is 3. The number of hydrogen-bond donors (Lipinski definition) is 3. The standard InChI is InChI=1S/C16H20ClFN2O3.C11H12ClFN2O/c1-16(2,3)23-15(22)20-7-6-10(9-20)14(21)19-11-4-5-12(17)13(18)8-11;12-9-2-1-8(5-10(9)13)15-11(16)7-3-4-14-6-7/h4-5,8,10H,6-7,9H2,1-3H3,(H,19,21);1-2,5,7,14H,3-4,6H2,(H,15,16). The van der Waals surface area contributed by atoms with Crippen LogP contribution in [-0.2, 0) is 14.3 Å². The highest BCUT2D eigenvalue weighted by Crippen LogP contribution is 2.23. The van der Waals surface area contributed by atoms with Crippen molar-refractivity contribution < 1.29 is 27.9 Å². The molecule has 212 valence electrons. The summed E-state index contributed by atoms with van der Waals surface area (Å²) in [5.41, 5.74) is 0.213. The van der Waals surface area contributed by atoms with Crippen molar-refractivity contribution >= 4 is 52.5 Å². The first-order valence-corrected chi connectivity index (χ1v) is 13.3. The first-order chi connectivity index (χ1) is 18.3. The Morgan fingerprint density at radius 1 is 0.923 bits per heavy atom. The topological polar surface area (TPSA) is 99.8 Å². The zero-order valence-electron chi connectivity index (χ0n) is 22.0. The number of ether oxygens (including phenoxy) is 1. The summed E-state index contributed by atoms with van der Waals surface area (Å²) in [6.07, 6.45) is 0.939. The van der Waals surface area contributed by atoms with E-state index < -0.39 is 23.3 Å². The van der Waals surface area contributed by atoms with Crippen LogP contribution in [0.25, 0.3) is 0 Å². The molecule has 2 heterocycles. The van der Waals surface area contributed by atoms with Crippen LogP contribution >= 0.6 is 23.2 Å². The Morgan fingerprint density at radius 2 is 1.46 bits per heavy atom. The molecule has 8 nitrogen and oxygen atoms in total. The number of carbonyl (C=O) groups is 3. The van der Waals surface area contributed by atoms with Crippen molar-refractivity contribution in [3.8, 4) is 0 Å². The average Bonchev–Trinajstić information content (AvgIpc) is 3.56. The van der Waals surface area contributed by atoms with Crippen LogP contribution in [-0.4, -0.2) is 54.6 Å². The van der Waals surface area contributed by atoms with Gasteiger partial charge in [-0.1, -0.05) is 23.2 Å². The summed E-state index contributed by atoms with van der Waals surface area (Å²) in [5.74, 6) is -1.82. The molecular weight excluding hydrogens is 553 g/mol. The summed E-state index contributed by atoms with van der Waals surface area (Å²) in [6, 6.07) is 8.33. The highest BCUT2D eigenvalue weighted by Gasteiger charge is 2.33. The van der Waals surface area contributed by atoms with Crippen molar-refractivity contribution in [1.82, 2.24) is 10.2 Å². The van der Waals surface area contributed by atoms with Gasteiger partial charge in [0.2, 0.25) is 11.8 Å². The fraction of sp³-hybridized carbons (Fsp3) is 0.444. The molecule has 0 aromatic heterocycles. The minimum absolute atomic E-state index is 0.0000313. The van der Waals surface area contributed by atoms with E-state index in [2.05, 4.69) is 16.0 Å². The normalized spacial score (nSPS) is 18.7. The predicted octanol–water partition coefficient (Wildman–Crippen LogP) is 5.70. The van der Waals surface area contributed by atoms with Crippen LogP contribution in [0.5, 0.6) is 0 Å². The molecule has 0 radical (unpaired) electrons. The van der Waals surface area contributed by atoms with E-state index in [0.29, 0.717) is 30.9 Å². The van der Waals surface area contributed by atoms with Crippen LogP contribution in [0.2, 0.25) is 10.0 Å². The number of halogens is 4. The van der Waals surface area contributed by atoms with Gasteiger partial charge in [-0.05, 0) is 76.6 Å². The third kappa shape index (κ3) is 9.33. The molecule has 0 saturated carbocycles. The van der Waals surface area contributed by atoms with Gasteiger partial charge in [-0.25, -0.2) is 13.6 Å². The van der Waals surface area contributed by atoms with E-state index in [1.165, 1.54) is 35.2 Å². The molecule has 2 saturated heterocycles. The van der Waals surface area contributed by atoms with Crippen molar-refractivity contribution in [3.63, 3.8) is 0 Å². The van der Waals surface area contributed by atoms with E-state index in [0.717, 1.165) is 13.0 Å². The lowest BCUT2D eigenvalue weighted by Crippen LogP contribution is -2.36. The molecule has 0 bridgehead atoms. The van der Waals surface area contributed by atoms with Gasteiger partial charge >= 0.3 is 6.09 Å². The maximum absolute atomic E-state index is 13.4. The number of hydrogen-bond acceptors (Lipinski definition) is 5. The minimum atomic E-state index is -0.591. The number of nitrogens with zero attached hydrogens (tertiary/aromatic N) is 1. The van der Waals surface area contributed by atoms with Crippen molar-refractivity contribution in [2.45, 2.75) is 39.2 Å². The Bertz CT molecular complexity index is 1200. The predicted molar refractivity (Wildman–Crippen MR) is 147 cm³/mol. The van der Waals surface area contributed by atoms with Gasteiger partial charge < -0.3 is 25.6 Å². The lowest BCUT2D eigenvalue weighted by molar-refractivity contribution is -0.120. The molecule has 2 atom stereocenters. The fourth-order valence-corrected chi connectivity index (χ4v) is 4.22. The lowest BCUT2D eigenvalue weighted by Gasteiger charge is -2.24. The molecule has 0 spiro atoms. The van der Waals surface area contributed by atoms with Gasteiger partial charge in [0.05, 0.1) is 21.9 Å². The Labute approximate surface area is 236 Å². The number of likely N-dealkylation sites (tertiary alicyclic amines) is 1. The fourth-order valence-electron chi connectivity index (χ4n) is 3.98. The van der Waals surface area contributed by atoms with E-state index in [1.54, 1.807) is 26.8 Å². The molecule has 4 rings (SSSR count). The van der Waals surface area contributed by atoms with E-state index >= 15 is 0 Å². The SMILES string of the molecule is CC(C)(C)OC(=O)N1CCC(C(=O)Nc2ccc(Cl)c(F)c2)C1.O=C(Nc1ccc(Cl)c(F)c1)C1CCNC1. The van der Waals surface area contributed by atoms with Gasteiger partial charge in [0.1, 0.15) is 17.2 Å². The zero-order chi connectivity index (χ0) is 28.7. The number of benzene rings is 2. The van der Waals surface area contributed by atoms with Crippen LogP contribution in [0.1, 0.15) is 33.6 Å². The van der Waals surface area contributed by atoms with E-state index in [9.17, 15) is 23.2 Å². The summed E-state index contributed by atoms with van der Waals surface area (Å²) in [7, 11) is 0. The van der Waals surface area contributed by atoms with Gasteiger partial charge in [0, 0.05) is 31.0 Å². The van der Waals surface area contributed by atoms with Crippen molar-refractivity contribution in [1.29, 1.82) is 0 Å². The Morgan fingerprint density at radius 3 is 1.92 bits per heavy atom. The molecule has 2 fully saturated rings. The molecule has 12 heteroatoms. The van der Waals surface area contributed by atoms with Gasteiger partial charge in [-0.2, -0.15) is 0 Å². The van der Waals surface area contributed by atoms with Crippen molar-refractivity contribution in [2.24, 2.45) is 11.8 Å². The number of anilines is 2. The van der Waals surface area contributed by atoms with Crippen LogP contribution in [0, 0.1) is 23.5 Å². The van der Waals surface area contributed by atoms with Gasteiger partial charge in [-0.3, -0.25) is 9.59 Å². The molecular formula is C27H32Cl2F2N4O4. The van der Waals surface area contributed by atoms with Crippen LogP contribution in [0.15, 0.2) is 36.4 Å². The second-order valence-corrected chi connectivity index (χ2v) is 11.2.